The minimum atomic E-state index is -0.842. The molecule has 2 N–H and O–H groups in total. The lowest BCUT2D eigenvalue weighted by Crippen LogP contribution is -2.60. The molecule has 2 amide bonds. The minimum Gasteiger partial charge on any atom is -0.383 e. The molecule has 26 heavy (non-hydrogen) atoms. The Labute approximate surface area is 156 Å². The van der Waals surface area contributed by atoms with Gasteiger partial charge >= 0.3 is 0 Å². The van der Waals surface area contributed by atoms with Crippen LogP contribution in [-0.4, -0.2) is 66.8 Å². The lowest BCUT2D eigenvalue weighted by molar-refractivity contribution is -0.143. The van der Waals surface area contributed by atoms with Crippen molar-refractivity contribution in [3.05, 3.63) is 11.6 Å². The van der Waals surface area contributed by atoms with E-state index in [1.165, 1.54) is 11.3 Å². The zero-order valence-corrected chi connectivity index (χ0v) is 15.7. The van der Waals surface area contributed by atoms with E-state index in [1.54, 1.807) is 18.2 Å². The minimum absolute atomic E-state index is 0.0153. The van der Waals surface area contributed by atoms with Crippen LogP contribution >= 0.6 is 11.3 Å². The summed E-state index contributed by atoms with van der Waals surface area (Å²) in [6, 6.07) is 0. The molecule has 0 spiro atoms. The smallest absolute Gasteiger partial charge is 0.245 e. The van der Waals surface area contributed by atoms with Crippen molar-refractivity contribution in [3.63, 3.8) is 0 Å². The quantitative estimate of drug-likeness (QED) is 0.695. The van der Waals surface area contributed by atoms with E-state index in [-0.39, 0.29) is 17.7 Å². The number of likely N-dealkylation sites (tertiary alicyclic amines) is 1. The van der Waals surface area contributed by atoms with Gasteiger partial charge in [0.2, 0.25) is 11.8 Å². The summed E-state index contributed by atoms with van der Waals surface area (Å²) in [6.07, 6.45) is 2.48. The maximum absolute atomic E-state index is 13.0. The van der Waals surface area contributed by atoms with Gasteiger partial charge in [0.05, 0.1) is 6.61 Å². The molecule has 1 saturated carbocycles. The first-order valence-corrected chi connectivity index (χ1v) is 9.80. The van der Waals surface area contributed by atoms with Crippen LogP contribution in [0.25, 0.3) is 0 Å². The number of thiazole rings is 1. The third-order valence-corrected chi connectivity index (χ3v) is 5.85. The van der Waals surface area contributed by atoms with Gasteiger partial charge in [-0.05, 0) is 25.7 Å². The van der Waals surface area contributed by atoms with Crippen LogP contribution < -0.4 is 10.6 Å². The van der Waals surface area contributed by atoms with Crippen LogP contribution in [0.5, 0.6) is 0 Å². The van der Waals surface area contributed by atoms with E-state index in [2.05, 4.69) is 15.6 Å². The molecule has 2 fully saturated rings. The number of rotatable bonds is 7. The van der Waals surface area contributed by atoms with E-state index in [0.29, 0.717) is 57.1 Å². The first kappa shape index (κ1) is 19.0. The summed E-state index contributed by atoms with van der Waals surface area (Å²) in [5.41, 5.74) is -0.801. The molecule has 1 aliphatic carbocycles. The number of carbonyl (C=O) groups excluding carboxylic acids is 2. The number of hydrogen-bond acceptors (Lipinski definition) is 6. The summed E-state index contributed by atoms with van der Waals surface area (Å²) >= 11 is 1.44. The lowest BCUT2D eigenvalue weighted by atomic mass is 9.81. The fourth-order valence-corrected chi connectivity index (χ4v) is 4.08. The number of ether oxygens (including phenoxy) is 1. The van der Waals surface area contributed by atoms with Gasteiger partial charge in [-0.25, -0.2) is 9.37 Å². The number of anilines is 1. The molecule has 7 nitrogen and oxygen atoms in total. The zero-order chi connectivity index (χ0) is 18.6. The van der Waals surface area contributed by atoms with Gasteiger partial charge in [-0.2, -0.15) is 0 Å². The Kier molecular flexibility index (Phi) is 6.08. The third kappa shape index (κ3) is 4.15. The van der Waals surface area contributed by atoms with Gasteiger partial charge in [0.1, 0.15) is 11.7 Å². The van der Waals surface area contributed by atoms with Crippen molar-refractivity contribution in [1.29, 1.82) is 0 Å². The second-order valence-corrected chi connectivity index (χ2v) is 7.78. The molecule has 144 valence electrons. The van der Waals surface area contributed by atoms with Crippen molar-refractivity contribution in [2.24, 2.45) is 5.92 Å². The van der Waals surface area contributed by atoms with Crippen molar-refractivity contribution in [1.82, 2.24) is 15.2 Å². The van der Waals surface area contributed by atoms with Crippen LogP contribution in [-0.2, 0) is 14.3 Å². The van der Waals surface area contributed by atoms with Crippen LogP contribution in [0.3, 0.4) is 0 Å². The van der Waals surface area contributed by atoms with Gasteiger partial charge in [0, 0.05) is 44.2 Å². The maximum atomic E-state index is 13.0. The van der Waals surface area contributed by atoms with Crippen LogP contribution in [0.15, 0.2) is 11.6 Å². The molecular weight excluding hydrogens is 359 g/mol. The molecule has 1 aromatic heterocycles. The number of halogens is 1. The van der Waals surface area contributed by atoms with Crippen LogP contribution in [0.4, 0.5) is 9.52 Å². The van der Waals surface area contributed by atoms with Gasteiger partial charge in [0.25, 0.3) is 0 Å². The van der Waals surface area contributed by atoms with Crippen molar-refractivity contribution in [2.45, 2.75) is 37.4 Å². The summed E-state index contributed by atoms with van der Waals surface area (Å²) in [6.45, 7) is 1.82. The van der Waals surface area contributed by atoms with Gasteiger partial charge in [-0.3, -0.25) is 9.59 Å². The number of piperidine rings is 1. The van der Waals surface area contributed by atoms with E-state index in [0.717, 1.165) is 0 Å². The van der Waals surface area contributed by atoms with Gasteiger partial charge in [-0.1, -0.05) is 0 Å². The summed E-state index contributed by atoms with van der Waals surface area (Å²) in [4.78, 5) is 31.3. The highest BCUT2D eigenvalue weighted by Crippen LogP contribution is 2.34. The van der Waals surface area contributed by atoms with Gasteiger partial charge < -0.3 is 20.3 Å². The average molecular weight is 384 g/mol. The summed E-state index contributed by atoms with van der Waals surface area (Å²) in [5, 5.41) is 8.72. The number of nitrogens with one attached hydrogen (secondary N) is 2. The third-order valence-electron chi connectivity index (χ3n) is 5.16. The molecule has 1 aliphatic heterocycles. The largest absolute Gasteiger partial charge is 0.383 e. The fraction of sp³-hybridized carbons (Fsp3) is 0.706. The van der Waals surface area contributed by atoms with Gasteiger partial charge in [-0.15, -0.1) is 11.3 Å². The zero-order valence-electron chi connectivity index (χ0n) is 14.9. The van der Waals surface area contributed by atoms with E-state index in [1.807, 2.05) is 5.38 Å². The van der Waals surface area contributed by atoms with Crippen LogP contribution in [0.1, 0.15) is 25.7 Å². The second kappa shape index (κ2) is 8.30. The molecule has 0 unspecified atom stereocenters. The van der Waals surface area contributed by atoms with Crippen molar-refractivity contribution >= 4 is 28.3 Å². The summed E-state index contributed by atoms with van der Waals surface area (Å²) < 4.78 is 18.0. The van der Waals surface area contributed by atoms with E-state index >= 15 is 0 Å². The Hall–Kier alpha value is -1.74. The Bertz CT molecular complexity index is 614. The number of amides is 2. The molecule has 0 bridgehead atoms. The van der Waals surface area contributed by atoms with Crippen molar-refractivity contribution in [3.8, 4) is 0 Å². The van der Waals surface area contributed by atoms with Crippen LogP contribution in [0, 0.1) is 5.92 Å². The number of hydrogen-bond donors (Lipinski definition) is 2. The molecule has 0 atom stereocenters. The van der Waals surface area contributed by atoms with Crippen molar-refractivity contribution in [2.75, 3.05) is 38.7 Å². The molecule has 1 aromatic rings. The summed E-state index contributed by atoms with van der Waals surface area (Å²) in [7, 11) is 1.59. The number of alkyl halides is 1. The Balaban J connectivity index is 1.63. The molecular formula is C17H25FN4O3S. The van der Waals surface area contributed by atoms with E-state index in [4.69, 9.17) is 4.74 Å². The highest BCUT2D eigenvalue weighted by atomic mass is 32.1. The maximum Gasteiger partial charge on any atom is 0.245 e. The predicted molar refractivity (Wildman–Crippen MR) is 96.8 cm³/mol. The Morgan fingerprint density at radius 1 is 1.42 bits per heavy atom. The topological polar surface area (TPSA) is 83.6 Å². The normalized spacial score (nSPS) is 24.6. The number of nitrogens with zero attached hydrogens (tertiary/aromatic N) is 2. The van der Waals surface area contributed by atoms with Gasteiger partial charge in [0.15, 0.2) is 5.13 Å². The SMILES string of the molecule is COCCNC(=O)C1(Nc2nccs2)CCN(C(=O)C2CC(F)C2)CC1. The molecule has 2 aliphatic rings. The first-order valence-electron chi connectivity index (χ1n) is 8.92. The number of carbonyl (C=O) groups is 2. The molecule has 0 aromatic carbocycles. The van der Waals surface area contributed by atoms with E-state index in [9.17, 15) is 14.0 Å². The molecule has 2 heterocycles. The fourth-order valence-electron chi connectivity index (χ4n) is 3.45. The lowest BCUT2D eigenvalue weighted by Gasteiger charge is -2.43. The molecule has 9 heteroatoms. The first-order chi connectivity index (χ1) is 12.5. The monoisotopic (exact) mass is 384 g/mol. The standard InChI is InChI=1S/C17H25FN4O3S/c1-25-8-4-19-15(24)17(21-16-20-5-9-26-16)2-6-22(7-3-17)14(23)12-10-13(18)11-12/h5,9,12-13H,2-4,6-8,10-11H2,1H3,(H,19,24)(H,20,21). The average Bonchev–Trinajstić information content (AvgIpc) is 3.12. The van der Waals surface area contributed by atoms with Crippen molar-refractivity contribution < 1.29 is 18.7 Å². The van der Waals surface area contributed by atoms with Crippen LogP contribution in [0.2, 0.25) is 0 Å². The number of aromatic nitrogens is 1. The Morgan fingerprint density at radius 3 is 2.73 bits per heavy atom. The molecule has 0 radical (unpaired) electrons. The number of methoxy groups -OCH3 is 1. The highest BCUT2D eigenvalue weighted by molar-refractivity contribution is 7.13. The second-order valence-electron chi connectivity index (χ2n) is 6.88. The summed E-state index contributed by atoms with van der Waals surface area (Å²) in [5.74, 6) is -0.286. The predicted octanol–water partition coefficient (Wildman–Crippen LogP) is 1.43. The van der Waals surface area contributed by atoms with E-state index < -0.39 is 11.7 Å². The molecule has 1 saturated heterocycles. The Morgan fingerprint density at radius 2 is 2.15 bits per heavy atom. The molecule has 3 rings (SSSR count). The highest BCUT2D eigenvalue weighted by Gasteiger charge is 2.45.